The van der Waals surface area contributed by atoms with Crippen LogP contribution in [0.25, 0.3) is 0 Å². The first kappa shape index (κ1) is 20.4. The number of benzene rings is 2. The van der Waals surface area contributed by atoms with Gasteiger partial charge in [-0.2, -0.15) is 4.31 Å². The van der Waals surface area contributed by atoms with Crippen LogP contribution in [0, 0.1) is 11.6 Å². The van der Waals surface area contributed by atoms with Gasteiger partial charge < -0.3 is 5.32 Å². The topological polar surface area (TPSA) is 69.7 Å². The summed E-state index contributed by atoms with van der Waals surface area (Å²) in [6.45, 7) is 2.90. The fraction of sp³-hybridized carbons (Fsp3) is 0.316. The van der Waals surface area contributed by atoms with E-state index >= 15 is 0 Å². The molecule has 1 N–H and O–H groups in total. The average Bonchev–Trinajstić information content (AvgIpc) is 2.70. The lowest BCUT2D eigenvalue weighted by molar-refractivity contribution is -0.121. The lowest BCUT2D eigenvalue weighted by atomic mass is 10.2. The van der Waals surface area contributed by atoms with Crippen LogP contribution in [0.3, 0.4) is 0 Å². The van der Waals surface area contributed by atoms with Gasteiger partial charge in [0.2, 0.25) is 15.9 Å². The van der Waals surface area contributed by atoms with Crippen molar-refractivity contribution in [3.05, 3.63) is 60.2 Å². The molecule has 0 saturated carbocycles. The van der Waals surface area contributed by atoms with Crippen molar-refractivity contribution >= 4 is 21.6 Å². The molecule has 1 fully saturated rings. The molecule has 0 bridgehead atoms. The van der Waals surface area contributed by atoms with Crippen molar-refractivity contribution < 1.29 is 22.0 Å². The smallest absolute Gasteiger partial charge is 0.243 e. The quantitative estimate of drug-likeness (QED) is 0.823. The van der Waals surface area contributed by atoms with Crippen molar-refractivity contribution in [3.8, 4) is 0 Å². The Hall–Kier alpha value is -2.36. The number of piperazine rings is 1. The number of sulfonamides is 1. The average molecular weight is 409 g/mol. The molecule has 150 valence electrons. The molecule has 1 amide bonds. The summed E-state index contributed by atoms with van der Waals surface area (Å²) in [6, 6.07) is 10.5. The van der Waals surface area contributed by atoms with Crippen molar-refractivity contribution in [3.63, 3.8) is 0 Å². The fourth-order valence-corrected chi connectivity index (χ4v) is 4.51. The number of halogens is 2. The summed E-state index contributed by atoms with van der Waals surface area (Å²) in [5, 5.41) is 2.45. The molecule has 9 heteroatoms. The molecule has 0 unspecified atom stereocenters. The molecule has 1 aliphatic rings. The highest BCUT2D eigenvalue weighted by molar-refractivity contribution is 7.89. The predicted octanol–water partition coefficient (Wildman–Crippen LogP) is 2.30. The van der Waals surface area contributed by atoms with Crippen LogP contribution in [0.5, 0.6) is 0 Å². The van der Waals surface area contributed by atoms with E-state index in [1.807, 2.05) is 4.90 Å². The van der Waals surface area contributed by atoms with Crippen LogP contribution in [-0.4, -0.2) is 55.8 Å². The van der Waals surface area contributed by atoms with Gasteiger partial charge in [0.25, 0.3) is 0 Å². The van der Waals surface area contributed by atoms with E-state index in [-0.39, 0.29) is 23.7 Å². The largest absolute Gasteiger partial charge is 0.322 e. The minimum atomic E-state index is -3.57. The zero-order chi connectivity index (χ0) is 20.3. The molecule has 1 aliphatic heterocycles. The van der Waals surface area contributed by atoms with E-state index in [4.69, 9.17) is 0 Å². The molecular formula is C19H21F2N3O3S. The second kappa shape index (κ2) is 8.34. The molecule has 1 atom stereocenters. The van der Waals surface area contributed by atoms with E-state index in [9.17, 15) is 22.0 Å². The highest BCUT2D eigenvalue weighted by atomic mass is 32.2. The number of hydrogen-bond donors (Lipinski definition) is 1. The van der Waals surface area contributed by atoms with Gasteiger partial charge in [0.1, 0.15) is 11.6 Å². The second-order valence-corrected chi connectivity index (χ2v) is 8.48. The molecule has 6 nitrogen and oxygen atoms in total. The molecule has 0 radical (unpaired) electrons. The summed E-state index contributed by atoms with van der Waals surface area (Å²) in [6.07, 6.45) is 0. The zero-order valence-electron chi connectivity index (χ0n) is 15.3. The number of rotatable bonds is 5. The third kappa shape index (κ3) is 4.37. The van der Waals surface area contributed by atoms with E-state index in [1.54, 1.807) is 37.3 Å². The monoisotopic (exact) mass is 409 g/mol. The van der Waals surface area contributed by atoms with Crippen molar-refractivity contribution in [2.75, 3.05) is 31.5 Å². The first-order valence-electron chi connectivity index (χ1n) is 8.84. The van der Waals surface area contributed by atoms with Crippen molar-refractivity contribution in [1.82, 2.24) is 9.21 Å². The Labute approximate surface area is 162 Å². The molecule has 0 aromatic heterocycles. The van der Waals surface area contributed by atoms with Crippen molar-refractivity contribution in [1.29, 1.82) is 0 Å². The Morgan fingerprint density at radius 1 is 1.04 bits per heavy atom. The van der Waals surface area contributed by atoms with Crippen molar-refractivity contribution in [2.45, 2.75) is 17.9 Å². The number of hydrogen-bond acceptors (Lipinski definition) is 4. The Kier molecular flexibility index (Phi) is 6.07. The Balaban J connectivity index is 1.60. The molecule has 28 heavy (non-hydrogen) atoms. The van der Waals surface area contributed by atoms with Crippen LogP contribution in [0.2, 0.25) is 0 Å². The van der Waals surface area contributed by atoms with Gasteiger partial charge in [-0.1, -0.05) is 18.2 Å². The molecule has 3 rings (SSSR count). The van der Waals surface area contributed by atoms with Crippen LogP contribution >= 0.6 is 0 Å². The number of anilines is 1. The van der Waals surface area contributed by atoms with Crippen LogP contribution in [-0.2, 0) is 14.8 Å². The lowest BCUT2D eigenvalue weighted by Gasteiger charge is -2.36. The minimum Gasteiger partial charge on any atom is -0.322 e. The third-order valence-electron chi connectivity index (χ3n) is 4.77. The lowest BCUT2D eigenvalue weighted by Crippen LogP contribution is -2.53. The summed E-state index contributed by atoms with van der Waals surface area (Å²) < 4.78 is 53.4. The van der Waals surface area contributed by atoms with Crippen LogP contribution in [0.4, 0.5) is 14.5 Å². The number of nitrogens with one attached hydrogen (secondary N) is 1. The SMILES string of the molecule is C[C@H](C(=O)Nc1ccc(F)cc1F)N1CCN(S(=O)(=O)c2ccccc2)CC1. The molecule has 0 aliphatic carbocycles. The van der Waals surface area contributed by atoms with Gasteiger partial charge >= 0.3 is 0 Å². The predicted molar refractivity (Wildman–Crippen MR) is 101 cm³/mol. The van der Waals surface area contributed by atoms with Gasteiger partial charge in [-0.15, -0.1) is 0 Å². The second-order valence-electron chi connectivity index (χ2n) is 6.54. The molecular weight excluding hydrogens is 388 g/mol. The Morgan fingerprint density at radius 2 is 1.68 bits per heavy atom. The molecule has 2 aromatic carbocycles. The van der Waals surface area contributed by atoms with E-state index in [2.05, 4.69) is 5.32 Å². The maximum absolute atomic E-state index is 13.7. The van der Waals surface area contributed by atoms with Crippen LogP contribution < -0.4 is 5.32 Å². The first-order chi connectivity index (χ1) is 13.3. The van der Waals surface area contributed by atoms with E-state index in [0.717, 1.165) is 6.07 Å². The zero-order valence-corrected chi connectivity index (χ0v) is 16.1. The number of carbonyl (C=O) groups excluding carboxylic acids is 1. The Morgan fingerprint density at radius 3 is 2.29 bits per heavy atom. The summed E-state index contributed by atoms with van der Waals surface area (Å²) >= 11 is 0. The van der Waals surface area contributed by atoms with Crippen LogP contribution in [0.15, 0.2) is 53.4 Å². The highest BCUT2D eigenvalue weighted by Gasteiger charge is 2.31. The number of nitrogens with zero attached hydrogens (tertiary/aromatic N) is 2. The van der Waals surface area contributed by atoms with E-state index < -0.39 is 33.6 Å². The van der Waals surface area contributed by atoms with Gasteiger partial charge in [0.05, 0.1) is 16.6 Å². The van der Waals surface area contributed by atoms with Crippen LogP contribution in [0.1, 0.15) is 6.92 Å². The fourth-order valence-electron chi connectivity index (χ4n) is 3.07. The summed E-state index contributed by atoms with van der Waals surface area (Å²) in [7, 11) is -3.57. The van der Waals surface area contributed by atoms with E-state index in [0.29, 0.717) is 19.2 Å². The van der Waals surface area contributed by atoms with Gasteiger partial charge in [0, 0.05) is 32.2 Å². The summed E-state index contributed by atoms with van der Waals surface area (Å²) in [5.41, 5.74) is -0.0939. The van der Waals surface area contributed by atoms with E-state index in [1.165, 1.54) is 10.4 Å². The molecule has 1 heterocycles. The number of amides is 1. The summed E-state index contributed by atoms with van der Waals surface area (Å²) in [5.74, 6) is -2.01. The van der Waals surface area contributed by atoms with Gasteiger partial charge in [-0.3, -0.25) is 9.69 Å². The molecule has 1 saturated heterocycles. The maximum Gasteiger partial charge on any atom is 0.243 e. The summed E-state index contributed by atoms with van der Waals surface area (Å²) in [4.78, 5) is 14.5. The number of carbonyl (C=O) groups is 1. The normalized spacial score (nSPS) is 17.2. The van der Waals surface area contributed by atoms with Gasteiger partial charge in [0.15, 0.2) is 0 Å². The molecule has 0 spiro atoms. The minimum absolute atomic E-state index is 0.0939. The Bertz CT molecular complexity index is 946. The first-order valence-corrected chi connectivity index (χ1v) is 10.3. The standard InChI is InChI=1S/C19H21F2N3O3S/c1-14(19(25)22-18-8-7-15(20)13-17(18)21)23-9-11-24(12-10-23)28(26,27)16-5-3-2-4-6-16/h2-8,13-14H,9-12H2,1H3,(H,22,25)/t14-/m1/s1. The van der Waals surface area contributed by atoms with Crippen molar-refractivity contribution in [2.24, 2.45) is 0 Å². The molecule has 2 aromatic rings. The van der Waals surface area contributed by atoms with Gasteiger partial charge in [-0.05, 0) is 31.2 Å². The maximum atomic E-state index is 13.7. The van der Waals surface area contributed by atoms with Gasteiger partial charge in [-0.25, -0.2) is 17.2 Å². The highest BCUT2D eigenvalue weighted by Crippen LogP contribution is 2.19. The third-order valence-corrected chi connectivity index (χ3v) is 6.68.